The second kappa shape index (κ2) is 6.52. The molecular formula is C17H16NO4S. The third-order valence-corrected chi connectivity index (χ3v) is 4.49. The third kappa shape index (κ3) is 3.00. The number of ketones is 1. The van der Waals surface area contributed by atoms with Crippen molar-refractivity contribution in [3.8, 4) is 5.75 Å². The zero-order valence-corrected chi connectivity index (χ0v) is 13.4. The molecule has 3 rings (SSSR count). The van der Waals surface area contributed by atoms with Gasteiger partial charge in [0.2, 0.25) is 5.91 Å². The summed E-state index contributed by atoms with van der Waals surface area (Å²) in [5.41, 5.74) is 0.649. The Morgan fingerprint density at radius 1 is 1.39 bits per heavy atom. The number of methoxy groups -OCH3 is 1. The van der Waals surface area contributed by atoms with Crippen LogP contribution in [0.3, 0.4) is 0 Å². The zero-order valence-electron chi connectivity index (χ0n) is 12.6. The highest BCUT2D eigenvalue weighted by Crippen LogP contribution is 2.41. The topological polar surface area (TPSA) is 64.6 Å². The Kier molecular flexibility index (Phi) is 4.45. The van der Waals surface area contributed by atoms with Gasteiger partial charge in [-0.1, -0.05) is 6.07 Å². The van der Waals surface area contributed by atoms with Crippen molar-refractivity contribution >= 4 is 23.0 Å². The summed E-state index contributed by atoms with van der Waals surface area (Å²) in [6.45, 7) is 0.0820. The molecule has 2 aromatic rings. The summed E-state index contributed by atoms with van der Waals surface area (Å²) in [5, 5.41) is 6.86. The Morgan fingerprint density at radius 3 is 2.96 bits per heavy atom. The van der Waals surface area contributed by atoms with E-state index >= 15 is 0 Å². The van der Waals surface area contributed by atoms with Crippen molar-refractivity contribution in [1.29, 1.82) is 0 Å². The summed E-state index contributed by atoms with van der Waals surface area (Å²) < 4.78 is 10.6. The second-order valence-electron chi connectivity index (χ2n) is 5.33. The van der Waals surface area contributed by atoms with Crippen LogP contribution in [0.5, 0.6) is 5.75 Å². The largest absolute Gasteiger partial charge is 0.467 e. The number of ether oxygens (including phenoxy) is 2. The standard InChI is InChI=1S/C17H16NO4S/c1-21-11-22-15-5-3-2-4-14(15)17(12-6-7-23-10-12)9-13(19)8-16(20)18-17/h3-7,10H,8-9,11H2,1H3,(H,18,20). The zero-order chi connectivity index (χ0) is 16.3. The molecule has 119 valence electrons. The molecule has 1 saturated heterocycles. The fourth-order valence-electron chi connectivity index (χ4n) is 2.86. The molecule has 0 spiro atoms. The van der Waals surface area contributed by atoms with Gasteiger partial charge in [0.25, 0.3) is 0 Å². The summed E-state index contributed by atoms with van der Waals surface area (Å²) in [4.78, 5) is 24.2. The van der Waals surface area contributed by atoms with E-state index in [1.807, 2.05) is 16.8 Å². The summed E-state index contributed by atoms with van der Waals surface area (Å²) in [5.74, 6) is 0.183. The van der Waals surface area contributed by atoms with Crippen LogP contribution in [0.1, 0.15) is 24.0 Å². The van der Waals surface area contributed by atoms with E-state index in [9.17, 15) is 9.59 Å². The summed E-state index contributed by atoms with van der Waals surface area (Å²) in [7, 11) is 1.54. The monoisotopic (exact) mass is 330 g/mol. The Balaban J connectivity index is 2.13. The third-order valence-electron chi connectivity index (χ3n) is 3.80. The number of carbonyl (C=O) groups is 2. The lowest BCUT2D eigenvalue weighted by molar-refractivity contribution is -0.133. The molecule has 1 unspecified atom stereocenters. The number of rotatable bonds is 5. The first kappa shape index (κ1) is 15.7. The Morgan fingerprint density at radius 2 is 2.26 bits per heavy atom. The molecule has 1 N–H and O–H groups in total. The van der Waals surface area contributed by atoms with Gasteiger partial charge in [0.15, 0.2) is 6.79 Å². The van der Waals surface area contributed by atoms with E-state index in [-0.39, 0.29) is 31.3 Å². The van der Waals surface area contributed by atoms with Gasteiger partial charge in [-0.2, -0.15) is 11.3 Å². The number of amides is 1. The smallest absolute Gasteiger partial charge is 0.228 e. The molecule has 2 heterocycles. The van der Waals surface area contributed by atoms with Crippen LogP contribution in [0.4, 0.5) is 0 Å². The van der Waals surface area contributed by atoms with E-state index in [0.29, 0.717) is 11.3 Å². The van der Waals surface area contributed by atoms with Crippen molar-refractivity contribution in [2.45, 2.75) is 18.4 Å². The van der Waals surface area contributed by atoms with Gasteiger partial charge in [-0.3, -0.25) is 9.59 Å². The normalized spacial score (nSPS) is 21.1. The van der Waals surface area contributed by atoms with Gasteiger partial charge in [-0.25, -0.2) is 0 Å². The van der Waals surface area contributed by atoms with Crippen LogP contribution in [0.15, 0.2) is 35.0 Å². The van der Waals surface area contributed by atoms with Gasteiger partial charge in [0.1, 0.15) is 17.1 Å². The maximum absolute atomic E-state index is 12.1. The second-order valence-corrected chi connectivity index (χ2v) is 6.11. The average molecular weight is 330 g/mol. The molecule has 23 heavy (non-hydrogen) atoms. The minimum absolute atomic E-state index is 0.0820. The van der Waals surface area contributed by atoms with Gasteiger partial charge in [0.05, 0.1) is 6.42 Å². The summed E-state index contributed by atoms with van der Waals surface area (Å²) in [6, 6.07) is 10.2. The number of Topliss-reactive ketones (excluding diaryl/α,β-unsaturated/α-hetero) is 1. The van der Waals surface area contributed by atoms with Crippen molar-refractivity contribution in [3.05, 3.63) is 52.2 Å². The van der Waals surface area contributed by atoms with Crippen molar-refractivity contribution in [2.75, 3.05) is 13.9 Å². The van der Waals surface area contributed by atoms with E-state index < -0.39 is 5.54 Å². The van der Waals surface area contributed by atoms with Crippen molar-refractivity contribution in [2.24, 2.45) is 0 Å². The first-order valence-electron chi connectivity index (χ1n) is 7.13. The number of piperidine rings is 1. The highest BCUT2D eigenvalue weighted by atomic mass is 32.1. The highest BCUT2D eigenvalue weighted by Gasteiger charge is 2.44. The molecule has 5 nitrogen and oxygen atoms in total. The van der Waals surface area contributed by atoms with Crippen LogP contribution in [0.2, 0.25) is 0 Å². The van der Waals surface area contributed by atoms with Crippen LogP contribution in [-0.2, 0) is 19.9 Å². The Hall–Kier alpha value is -2.18. The number of carbonyl (C=O) groups excluding carboxylic acids is 2. The molecule has 1 radical (unpaired) electrons. The molecule has 1 aliphatic rings. The molecule has 1 aliphatic heterocycles. The van der Waals surface area contributed by atoms with Gasteiger partial charge in [-0.15, -0.1) is 0 Å². The highest BCUT2D eigenvalue weighted by molar-refractivity contribution is 7.08. The molecule has 0 saturated carbocycles. The number of benzene rings is 1. The minimum Gasteiger partial charge on any atom is -0.467 e. The Bertz CT molecular complexity index is 695. The molecule has 0 aliphatic carbocycles. The number of hydrogen-bond donors (Lipinski definition) is 1. The van der Waals surface area contributed by atoms with E-state index in [1.165, 1.54) is 18.4 Å². The fraction of sp³-hybridized carbons (Fsp3) is 0.294. The van der Waals surface area contributed by atoms with Gasteiger partial charge in [-0.05, 0) is 40.6 Å². The molecule has 1 amide bonds. The van der Waals surface area contributed by atoms with Crippen LogP contribution >= 0.6 is 11.3 Å². The Labute approximate surface area is 138 Å². The van der Waals surface area contributed by atoms with E-state index in [0.717, 1.165) is 5.56 Å². The van der Waals surface area contributed by atoms with Crippen LogP contribution in [-0.4, -0.2) is 25.6 Å². The van der Waals surface area contributed by atoms with Crippen LogP contribution < -0.4 is 10.1 Å². The number of hydrogen-bond acceptors (Lipinski definition) is 5. The predicted molar refractivity (Wildman–Crippen MR) is 85.3 cm³/mol. The van der Waals surface area contributed by atoms with Crippen molar-refractivity contribution in [1.82, 2.24) is 5.32 Å². The molecule has 6 heteroatoms. The molecular weight excluding hydrogens is 314 g/mol. The van der Waals surface area contributed by atoms with E-state index in [2.05, 4.69) is 11.4 Å². The van der Waals surface area contributed by atoms with E-state index in [4.69, 9.17) is 9.47 Å². The average Bonchev–Trinajstić information content (AvgIpc) is 3.07. The molecule has 0 bridgehead atoms. The van der Waals surface area contributed by atoms with Crippen LogP contribution in [0, 0.1) is 6.07 Å². The fourth-order valence-corrected chi connectivity index (χ4v) is 3.59. The lowest BCUT2D eigenvalue weighted by Gasteiger charge is -2.38. The van der Waals surface area contributed by atoms with Crippen LogP contribution in [0.25, 0.3) is 0 Å². The van der Waals surface area contributed by atoms with Gasteiger partial charge < -0.3 is 14.8 Å². The lowest BCUT2D eigenvalue weighted by Crippen LogP contribution is -2.52. The SMILES string of the molecule is COCOc1cc[c]cc1C1(c2ccsc2)CC(=O)CC(=O)N1. The summed E-state index contributed by atoms with van der Waals surface area (Å²) in [6.07, 6.45) is 0.105. The molecule has 1 atom stereocenters. The lowest BCUT2D eigenvalue weighted by atomic mass is 9.77. The van der Waals surface area contributed by atoms with Crippen molar-refractivity contribution < 1.29 is 19.1 Å². The first-order chi connectivity index (χ1) is 11.2. The maximum Gasteiger partial charge on any atom is 0.228 e. The molecule has 1 fully saturated rings. The van der Waals surface area contributed by atoms with Gasteiger partial charge in [0, 0.05) is 19.1 Å². The van der Waals surface area contributed by atoms with Crippen molar-refractivity contribution in [3.63, 3.8) is 0 Å². The number of nitrogens with one attached hydrogen (secondary N) is 1. The van der Waals surface area contributed by atoms with Gasteiger partial charge >= 0.3 is 0 Å². The molecule has 1 aromatic heterocycles. The minimum atomic E-state index is -0.923. The summed E-state index contributed by atoms with van der Waals surface area (Å²) >= 11 is 1.51. The predicted octanol–water partition coefficient (Wildman–Crippen LogP) is 2.25. The van der Waals surface area contributed by atoms with E-state index in [1.54, 1.807) is 18.2 Å². The first-order valence-corrected chi connectivity index (χ1v) is 8.08. The molecule has 1 aromatic carbocycles. The maximum atomic E-state index is 12.1. The quantitative estimate of drug-likeness (QED) is 0.675. The number of thiophene rings is 1.